The summed E-state index contributed by atoms with van der Waals surface area (Å²) in [6, 6.07) is 7.46. The molecule has 0 amide bonds. The number of esters is 2. The molecule has 8 nitrogen and oxygen atoms in total. The molecule has 0 fully saturated rings. The molecule has 8 heteroatoms. The summed E-state index contributed by atoms with van der Waals surface area (Å²) in [5.74, 6) is 0.506. The Balaban J connectivity index is 0.000000311. The number of aromatic hydroxyl groups is 2. The van der Waals surface area contributed by atoms with E-state index in [1.165, 1.54) is 18.1 Å². The number of rotatable bonds is 18. The summed E-state index contributed by atoms with van der Waals surface area (Å²) in [6.07, 6.45) is 15.7. The lowest BCUT2D eigenvalue weighted by Gasteiger charge is -2.32. The Hall–Kier alpha value is -4.14. The van der Waals surface area contributed by atoms with Crippen LogP contribution in [0.5, 0.6) is 23.0 Å². The molecule has 2 aliphatic rings. The van der Waals surface area contributed by atoms with E-state index < -0.39 is 12.1 Å². The van der Waals surface area contributed by atoms with Crippen molar-refractivity contribution in [3.63, 3.8) is 0 Å². The molecule has 2 aromatic carbocycles. The number of carbonyl (C=O) groups is 2. The maximum Gasteiger partial charge on any atom is 0.340 e. The normalized spacial score (nSPS) is 19.6. The molecule has 0 aromatic heterocycles. The Morgan fingerprint density at radius 3 is 1.57 bits per heavy atom. The lowest BCUT2D eigenvalue weighted by Crippen LogP contribution is -2.24. The summed E-state index contributed by atoms with van der Waals surface area (Å²) in [4.78, 5) is 26.6. The predicted molar refractivity (Wildman–Crippen MR) is 237 cm³/mol. The predicted octanol–water partition coefficient (Wildman–Crippen LogP) is 11.4. The lowest BCUT2D eigenvalue weighted by atomic mass is 9.73. The summed E-state index contributed by atoms with van der Waals surface area (Å²) >= 11 is 0. The fourth-order valence-electron chi connectivity index (χ4n) is 8.12. The summed E-state index contributed by atoms with van der Waals surface area (Å²) in [5, 5.41) is 31.6. The van der Waals surface area contributed by atoms with Gasteiger partial charge in [0.05, 0.1) is 6.42 Å². The van der Waals surface area contributed by atoms with Crippen LogP contribution in [0.3, 0.4) is 0 Å². The summed E-state index contributed by atoms with van der Waals surface area (Å²) in [6.45, 7) is 22.9. The van der Waals surface area contributed by atoms with Gasteiger partial charge in [0, 0.05) is 29.5 Å². The van der Waals surface area contributed by atoms with E-state index in [2.05, 4.69) is 53.0 Å². The second-order valence-corrected chi connectivity index (χ2v) is 17.2. The van der Waals surface area contributed by atoms with E-state index in [4.69, 9.17) is 9.47 Å². The number of hydrogen-bond donors (Lipinski definition) is 3. The molecule has 4 rings (SSSR count). The van der Waals surface area contributed by atoms with Gasteiger partial charge in [-0.15, -0.1) is 0 Å². The van der Waals surface area contributed by atoms with Gasteiger partial charge in [-0.25, -0.2) is 4.79 Å². The van der Waals surface area contributed by atoms with Crippen molar-refractivity contribution >= 4 is 11.9 Å². The number of carbonyl (C=O) groups excluding carboxylic acids is 2. The molecule has 0 saturated carbocycles. The van der Waals surface area contributed by atoms with Crippen molar-refractivity contribution in [3.05, 3.63) is 94.1 Å². The Morgan fingerprint density at radius 2 is 1.19 bits per heavy atom. The third-order valence-electron chi connectivity index (χ3n) is 11.5. The van der Waals surface area contributed by atoms with E-state index in [9.17, 15) is 24.9 Å². The van der Waals surface area contributed by atoms with Crippen LogP contribution in [0.2, 0.25) is 0 Å². The Kier molecular flexibility index (Phi) is 19.5. The van der Waals surface area contributed by atoms with E-state index in [0.717, 1.165) is 105 Å². The van der Waals surface area contributed by atoms with Crippen LogP contribution in [0.15, 0.2) is 71.9 Å². The van der Waals surface area contributed by atoms with Crippen LogP contribution in [-0.4, -0.2) is 58.9 Å². The number of aliphatic hydroxyl groups is 1. The molecule has 0 bridgehead atoms. The first-order valence-electron chi connectivity index (χ1n) is 21.6. The first-order chi connectivity index (χ1) is 27.5. The fourth-order valence-corrected chi connectivity index (χ4v) is 8.12. The Labute approximate surface area is 349 Å². The number of hydrogen-bond acceptors (Lipinski definition) is 8. The van der Waals surface area contributed by atoms with Gasteiger partial charge in [0.2, 0.25) is 0 Å². The molecule has 320 valence electrons. The first kappa shape index (κ1) is 48.2. The molecule has 0 heterocycles. The zero-order valence-corrected chi connectivity index (χ0v) is 37.1. The number of benzene rings is 2. The maximum absolute atomic E-state index is 12.6. The molecular weight excluding hydrogens is 727 g/mol. The average Bonchev–Trinajstić information content (AvgIpc) is 3.14. The van der Waals surface area contributed by atoms with E-state index in [0.29, 0.717) is 30.0 Å². The highest BCUT2D eigenvalue weighted by molar-refractivity contribution is 5.77. The highest BCUT2D eigenvalue weighted by Gasteiger charge is 2.33. The highest BCUT2D eigenvalue weighted by Crippen LogP contribution is 2.48. The lowest BCUT2D eigenvalue weighted by molar-refractivity contribution is -0.142. The van der Waals surface area contributed by atoms with Crippen molar-refractivity contribution in [2.45, 2.75) is 150 Å². The number of allylic oxidation sites excluding steroid dienone is 6. The van der Waals surface area contributed by atoms with Crippen LogP contribution in [-0.2, 0) is 22.4 Å². The van der Waals surface area contributed by atoms with Gasteiger partial charge < -0.3 is 29.7 Å². The Morgan fingerprint density at radius 1 is 0.759 bits per heavy atom. The first-order valence-corrected chi connectivity index (χ1v) is 21.6. The van der Waals surface area contributed by atoms with Gasteiger partial charge in [-0.1, -0.05) is 87.1 Å². The van der Waals surface area contributed by atoms with Crippen molar-refractivity contribution in [1.29, 1.82) is 0 Å². The van der Waals surface area contributed by atoms with Crippen molar-refractivity contribution in [3.8, 4) is 23.0 Å². The van der Waals surface area contributed by atoms with Gasteiger partial charge in [-0.05, 0) is 147 Å². The molecule has 0 unspecified atom stereocenters. The van der Waals surface area contributed by atoms with Gasteiger partial charge >= 0.3 is 11.9 Å². The minimum absolute atomic E-state index is 0.0300. The van der Waals surface area contributed by atoms with Crippen molar-refractivity contribution in [2.75, 3.05) is 20.6 Å². The zero-order valence-electron chi connectivity index (χ0n) is 37.1. The highest BCUT2D eigenvalue weighted by atomic mass is 16.6. The van der Waals surface area contributed by atoms with Crippen molar-refractivity contribution in [2.24, 2.45) is 11.8 Å². The standard InChI is InChI=1S/C26H39NO3.C24H34O4/c1-7-8-9-10-20-16-23(28)26(22-15-19(4)11-12-21(22)18(2)3)24(17-20)30-25(29)13-14-27(5)6;1-6-7-8-9-18-13-21(26)23(22(14-18)28-24(27)17(5)25)20-12-16(4)10-11-19(20)15(2)3/h15-17,21-22,28H,2,7-14H2,1,3-6H3;12-14,17,19-20,25-26H,2,6-11H2,1,3-5H3/t21-,22+;17-,19+,20-/m01/s1. The number of unbranched alkanes of at least 4 members (excludes halogenated alkanes) is 4. The molecule has 2 aliphatic carbocycles. The minimum atomic E-state index is -1.22. The monoisotopic (exact) mass is 800 g/mol. The third kappa shape index (κ3) is 14.3. The van der Waals surface area contributed by atoms with Crippen LogP contribution in [0.4, 0.5) is 0 Å². The molecule has 58 heavy (non-hydrogen) atoms. The van der Waals surface area contributed by atoms with Crippen LogP contribution in [0.25, 0.3) is 0 Å². The summed E-state index contributed by atoms with van der Waals surface area (Å²) in [7, 11) is 3.87. The van der Waals surface area contributed by atoms with Crippen LogP contribution >= 0.6 is 0 Å². The average molecular weight is 800 g/mol. The topological polar surface area (TPSA) is 117 Å². The van der Waals surface area contributed by atoms with Gasteiger partial charge in [0.15, 0.2) is 0 Å². The molecular formula is C50H73NO7. The fraction of sp³-hybridized carbons (Fsp3) is 0.560. The van der Waals surface area contributed by atoms with Crippen LogP contribution in [0, 0.1) is 11.8 Å². The number of aliphatic hydroxyl groups excluding tert-OH is 1. The largest absolute Gasteiger partial charge is 0.507 e. The Bertz CT molecular complexity index is 1780. The minimum Gasteiger partial charge on any atom is -0.507 e. The molecule has 0 aliphatic heterocycles. The third-order valence-corrected chi connectivity index (χ3v) is 11.5. The van der Waals surface area contributed by atoms with E-state index in [-0.39, 0.29) is 41.1 Å². The molecule has 0 radical (unpaired) electrons. The van der Waals surface area contributed by atoms with Gasteiger partial charge in [-0.2, -0.15) is 0 Å². The summed E-state index contributed by atoms with van der Waals surface area (Å²) in [5.41, 5.74) is 7.98. The smallest absolute Gasteiger partial charge is 0.340 e. The zero-order chi connectivity index (χ0) is 43.1. The second-order valence-electron chi connectivity index (χ2n) is 17.2. The van der Waals surface area contributed by atoms with Crippen molar-refractivity contribution < 1.29 is 34.4 Å². The van der Waals surface area contributed by atoms with Crippen LogP contribution in [0.1, 0.15) is 153 Å². The quantitative estimate of drug-likeness (QED) is 0.0591. The second kappa shape index (κ2) is 23.5. The molecule has 2 aromatic rings. The summed E-state index contributed by atoms with van der Waals surface area (Å²) < 4.78 is 11.4. The SMILES string of the molecule is C=C(C)[C@@H]1CCC(C)=C[C@H]1c1c(O)cc(CCCCC)cc1OC(=O)CCN(C)C.C=C(C)[C@@H]1CCC(C)=C[C@H]1c1c(O)cc(CCCCC)cc1OC(=O)[C@@H](C)O. The van der Waals surface area contributed by atoms with Crippen molar-refractivity contribution in [1.82, 2.24) is 4.90 Å². The number of phenols is 2. The molecule has 0 spiro atoms. The van der Waals surface area contributed by atoms with Crippen LogP contribution < -0.4 is 9.47 Å². The number of aryl methyl sites for hydroxylation is 2. The van der Waals surface area contributed by atoms with E-state index in [1.54, 1.807) is 6.07 Å². The number of nitrogens with zero attached hydrogens (tertiary/aromatic N) is 1. The molecule has 0 saturated heterocycles. The van der Waals surface area contributed by atoms with Gasteiger partial charge in [-0.3, -0.25) is 4.79 Å². The number of ether oxygens (including phenoxy) is 2. The van der Waals surface area contributed by atoms with E-state index >= 15 is 0 Å². The molecule has 5 atom stereocenters. The van der Waals surface area contributed by atoms with Gasteiger partial charge in [0.25, 0.3) is 0 Å². The number of phenolic OH excluding ortho intramolecular Hbond substituents is 2. The van der Waals surface area contributed by atoms with E-state index in [1.807, 2.05) is 51.0 Å². The molecule has 3 N–H and O–H groups in total. The van der Waals surface area contributed by atoms with Gasteiger partial charge in [0.1, 0.15) is 29.1 Å². The maximum atomic E-state index is 12.6.